The third-order valence-corrected chi connectivity index (χ3v) is 6.73. The number of morpholine rings is 1. The molecule has 0 saturated carbocycles. The molecule has 0 atom stereocenters. The normalized spacial score (nSPS) is 15.3. The Labute approximate surface area is 171 Å². The standard InChI is InChI=1S/C20H28N4O4S/c1-17-15-22-23(16-17)10-2-9-21-20(25)8-5-18-3-6-19(7-4-18)29(26,27)24-11-13-28-14-12-24/h3-4,6-7,15-16H,2,5,8-14H2,1H3,(H,21,25). The lowest BCUT2D eigenvalue weighted by molar-refractivity contribution is -0.121. The number of rotatable bonds is 9. The van der Waals surface area contributed by atoms with Crippen LogP contribution in [-0.4, -0.2) is 61.3 Å². The van der Waals surface area contributed by atoms with E-state index in [1.54, 1.807) is 24.3 Å². The highest BCUT2D eigenvalue weighted by atomic mass is 32.2. The van der Waals surface area contributed by atoms with Crippen molar-refractivity contribution in [3.8, 4) is 0 Å². The molecule has 29 heavy (non-hydrogen) atoms. The minimum absolute atomic E-state index is 0.00772. The summed E-state index contributed by atoms with van der Waals surface area (Å²) in [6.45, 7) is 4.98. The molecule has 0 unspecified atom stereocenters. The number of nitrogens with one attached hydrogen (secondary N) is 1. The van der Waals surface area contributed by atoms with E-state index in [9.17, 15) is 13.2 Å². The third kappa shape index (κ3) is 6.12. The maximum Gasteiger partial charge on any atom is 0.243 e. The minimum atomic E-state index is -3.48. The van der Waals surface area contributed by atoms with Gasteiger partial charge in [0, 0.05) is 38.8 Å². The van der Waals surface area contributed by atoms with Gasteiger partial charge in [0.1, 0.15) is 0 Å². The molecule has 1 N–H and O–H groups in total. The Morgan fingerprint density at radius 1 is 1.21 bits per heavy atom. The number of carbonyl (C=O) groups excluding carboxylic acids is 1. The van der Waals surface area contributed by atoms with Crippen LogP contribution in [0.25, 0.3) is 0 Å². The van der Waals surface area contributed by atoms with Crippen molar-refractivity contribution in [1.29, 1.82) is 0 Å². The Kier molecular flexibility index (Phi) is 7.40. The fourth-order valence-corrected chi connectivity index (χ4v) is 4.58. The van der Waals surface area contributed by atoms with Crippen molar-refractivity contribution in [2.45, 2.75) is 37.6 Å². The molecule has 0 aliphatic carbocycles. The zero-order chi connectivity index (χ0) is 20.7. The van der Waals surface area contributed by atoms with Crippen LogP contribution in [0.5, 0.6) is 0 Å². The molecule has 1 aromatic carbocycles. The highest BCUT2D eigenvalue weighted by Gasteiger charge is 2.26. The minimum Gasteiger partial charge on any atom is -0.379 e. The number of ether oxygens (including phenoxy) is 1. The molecule has 0 bridgehead atoms. The van der Waals surface area contributed by atoms with Crippen molar-refractivity contribution in [3.05, 3.63) is 47.8 Å². The van der Waals surface area contributed by atoms with Gasteiger partial charge in [-0.05, 0) is 43.0 Å². The predicted molar refractivity (Wildman–Crippen MR) is 109 cm³/mol. The van der Waals surface area contributed by atoms with Crippen molar-refractivity contribution < 1.29 is 17.9 Å². The summed E-state index contributed by atoms with van der Waals surface area (Å²) in [5.74, 6) is -0.00772. The van der Waals surface area contributed by atoms with E-state index in [1.807, 2.05) is 24.0 Å². The Morgan fingerprint density at radius 2 is 1.93 bits per heavy atom. The van der Waals surface area contributed by atoms with E-state index in [0.717, 1.165) is 24.1 Å². The van der Waals surface area contributed by atoms with Crippen LogP contribution in [0.15, 0.2) is 41.6 Å². The maximum atomic E-state index is 12.6. The van der Waals surface area contributed by atoms with Crippen LogP contribution in [0.4, 0.5) is 0 Å². The predicted octanol–water partition coefficient (Wildman–Crippen LogP) is 1.35. The van der Waals surface area contributed by atoms with E-state index < -0.39 is 10.0 Å². The van der Waals surface area contributed by atoms with Gasteiger partial charge in [-0.1, -0.05) is 12.1 Å². The molecule has 1 aliphatic rings. The summed E-state index contributed by atoms with van der Waals surface area (Å²) in [5.41, 5.74) is 2.06. The fraction of sp³-hybridized carbons (Fsp3) is 0.500. The topological polar surface area (TPSA) is 93.5 Å². The lowest BCUT2D eigenvalue weighted by Gasteiger charge is -2.26. The Morgan fingerprint density at radius 3 is 2.59 bits per heavy atom. The Hall–Kier alpha value is -2.23. The molecular weight excluding hydrogens is 392 g/mol. The van der Waals surface area contributed by atoms with Crippen molar-refractivity contribution in [2.24, 2.45) is 0 Å². The van der Waals surface area contributed by atoms with Gasteiger partial charge in [-0.2, -0.15) is 9.40 Å². The number of sulfonamides is 1. The first-order valence-corrected chi connectivity index (χ1v) is 11.3. The van der Waals surface area contributed by atoms with Crippen LogP contribution in [-0.2, 0) is 32.5 Å². The fourth-order valence-electron chi connectivity index (χ4n) is 3.17. The van der Waals surface area contributed by atoms with Crippen molar-refractivity contribution in [2.75, 3.05) is 32.8 Å². The summed E-state index contributed by atoms with van der Waals surface area (Å²) < 4.78 is 33.8. The van der Waals surface area contributed by atoms with Crippen LogP contribution in [0.1, 0.15) is 24.0 Å². The first-order chi connectivity index (χ1) is 13.9. The van der Waals surface area contributed by atoms with Crippen LogP contribution < -0.4 is 5.32 Å². The smallest absolute Gasteiger partial charge is 0.243 e. The van der Waals surface area contributed by atoms with Crippen LogP contribution in [0.2, 0.25) is 0 Å². The zero-order valence-corrected chi connectivity index (χ0v) is 17.5. The summed E-state index contributed by atoms with van der Waals surface area (Å²) in [6, 6.07) is 6.79. The first-order valence-electron chi connectivity index (χ1n) is 9.88. The number of hydrogen-bond donors (Lipinski definition) is 1. The number of nitrogens with zero attached hydrogens (tertiary/aromatic N) is 3. The van der Waals surface area contributed by atoms with Crippen LogP contribution in [0, 0.1) is 6.92 Å². The number of aryl methyl sites for hydroxylation is 3. The molecule has 1 fully saturated rings. The Balaban J connectivity index is 1.40. The van der Waals surface area contributed by atoms with Gasteiger partial charge in [-0.25, -0.2) is 8.42 Å². The van der Waals surface area contributed by atoms with Gasteiger partial charge in [-0.15, -0.1) is 0 Å². The number of aromatic nitrogens is 2. The van der Waals surface area contributed by atoms with Crippen molar-refractivity contribution in [1.82, 2.24) is 19.4 Å². The summed E-state index contributed by atoms with van der Waals surface area (Å²) >= 11 is 0. The molecule has 9 heteroatoms. The molecule has 3 rings (SSSR count). The van der Waals surface area contributed by atoms with E-state index in [1.165, 1.54) is 4.31 Å². The number of carbonyl (C=O) groups is 1. The second-order valence-corrected chi connectivity index (χ2v) is 9.08. The van der Waals surface area contributed by atoms with Gasteiger partial charge in [-0.3, -0.25) is 9.48 Å². The lowest BCUT2D eigenvalue weighted by atomic mass is 10.1. The summed E-state index contributed by atoms with van der Waals surface area (Å²) in [4.78, 5) is 12.3. The molecule has 1 amide bonds. The van der Waals surface area contributed by atoms with Gasteiger partial charge < -0.3 is 10.1 Å². The SMILES string of the molecule is Cc1cnn(CCCNC(=O)CCc2ccc(S(=O)(=O)N3CCOCC3)cc2)c1. The zero-order valence-electron chi connectivity index (χ0n) is 16.7. The van der Waals surface area contributed by atoms with E-state index in [4.69, 9.17) is 4.74 Å². The highest BCUT2D eigenvalue weighted by molar-refractivity contribution is 7.89. The van der Waals surface area contributed by atoms with E-state index in [0.29, 0.717) is 45.7 Å². The second kappa shape index (κ2) is 10.00. The quantitative estimate of drug-likeness (QED) is 0.618. The largest absolute Gasteiger partial charge is 0.379 e. The van der Waals surface area contributed by atoms with Crippen molar-refractivity contribution in [3.63, 3.8) is 0 Å². The molecule has 1 saturated heterocycles. The van der Waals surface area contributed by atoms with Gasteiger partial charge in [0.15, 0.2) is 0 Å². The molecule has 2 heterocycles. The molecule has 1 aromatic heterocycles. The first kappa shape index (κ1) is 21.5. The molecule has 158 valence electrons. The van der Waals surface area contributed by atoms with Crippen LogP contribution in [0.3, 0.4) is 0 Å². The Bertz CT molecular complexity index is 903. The molecular formula is C20H28N4O4S. The van der Waals surface area contributed by atoms with Gasteiger partial charge in [0.05, 0.1) is 24.3 Å². The average molecular weight is 421 g/mol. The second-order valence-electron chi connectivity index (χ2n) is 7.14. The molecule has 0 radical (unpaired) electrons. The summed E-state index contributed by atoms with van der Waals surface area (Å²) in [7, 11) is -3.48. The van der Waals surface area contributed by atoms with Crippen LogP contribution >= 0.6 is 0 Å². The number of hydrogen-bond acceptors (Lipinski definition) is 5. The monoisotopic (exact) mass is 420 g/mol. The molecule has 1 aliphatic heterocycles. The summed E-state index contributed by atoms with van der Waals surface area (Å²) in [5, 5.41) is 7.13. The highest BCUT2D eigenvalue weighted by Crippen LogP contribution is 2.18. The summed E-state index contributed by atoms with van der Waals surface area (Å²) in [6.07, 6.45) is 5.56. The van der Waals surface area contributed by atoms with E-state index in [-0.39, 0.29) is 10.8 Å². The third-order valence-electron chi connectivity index (χ3n) is 4.82. The molecule has 8 nitrogen and oxygen atoms in total. The molecule has 0 spiro atoms. The molecule has 2 aromatic rings. The van der Waals surface area contributed by atoms with E-state index >= 15 is 0 Å². The number of benzene rings is 1. The number of amides is 1. The van der Waals surface area contributed by atoms with Gasteiger partial charge >= 0.3 is 0 Å². The maximum absolute atomic E-state index is 12.6. The van der Waals surface area contributed by atoms with Gasteiger partial charge in [0.2, 0.25) is 15.9 Å². The van der Waals surface area contributed by atoms with Gasteiger partial charge in [0.25, 0.3) is 0 Å². The van der Waals surface area contributed by atoms with E-state index in [2.05, 4.69) is 10.4 Å². The lowest BCUT2D eigenvalue weighted by Crippen LogP contribution is -2.40. The van der Waals surface area contributed by atoms with Crippen molar-refractivity contribution >= 4 is 15.9 Å². The average Bonchev–Trinajstić information content (AvgIpc) is 3.15.